The van der Waals surface area contributed by atoms with Crippen molar-refractivity contribution in [1.82, 2.24) is 19.2 Å². The second-order valence-electron chi connectivity index (χ2n) is 7.93. The maximum Gasteiger partial charge on any atom is 0.262 e. The van der Waals surface area contributed by atoms with Crippen LogP contribution in [0.2, 0.25) is 0 Å². The summed E-state index contributed by atoms with van der Waals surface area (Å²) < 4.78 is 3.30. The highest BCUT2D eigenvalue weighted by Gasteiger charge is 2.16. The van der Waals surface area contributed by atoms with Crippen molar-refractivity contribution >= 4 is 45.7 Å². The quantitative estimate of drug-likeness (QED) is 0.472. The number of carbonyl (C=O) groups excluding carboxylic acids is 1. The minimum atomic E-state index is -0.122. The van der Waals surface area contributed by atoms with Gasteiger partial charge in [0.25, 0.3) is 5.56 Å². The fourth-order valence-electron chi connectivity index (χ4n) is 4.14. The van der Waals surface area contributed by atoms with Crippen LogP contribution in [0, 0.1) is 0 Å². The van der Waals surface area contributed by atoms with Crippen LogP contribution in [0.3, 0.4) is 0 Å². The third kappa shape index (κ3) is 3.84. The zero-order valence-corrected chi connectivity index (χ0v) is 18.6. The zero-order chi connectivity index (χ0) is 22.1. The van der Waals surface area contributed by atoms with Gasteiger partial charge >= 0.3 is 0 Å². The van der Waals surface area contributed by atoms with E-state index in [1.807, 2.05) is 34.7 Å². The molecule has 0 bridgehead atoms. The number of hydrogen-bond acceptors (Lipinski definition) is 6. The largest absolute Gasteiger partial charge is 0.372 e. The van der Waals surface area contributed by atoms with Crippen LogP contribution >= 0.6 is 11.8 Å². The number of nitrogens with one attached hydrogen (secondary N) is 1. The van der Waals surface area contributed by atoms with E-state index in [4.69, 9.17) is 0 Å². The first-order valence-electron chi connectivity index (χ1n) is 10.7. The molecule has 164 valence electrons. The van der Waals surface area contributed by atoms with E-state index in [0.717, 1.165) is 24.3 Å². The van der Waals surface area contributed by atoms with Gasteiger partial charge in [0.05, 0.1) is 16.7 Å². The molecule has 3 heterocycles. The maximum atomic E-state index is 12.6. The molecule has 1 aliphatic rings. The number of hydrogen-bond donors (Lipinski definition) is 1. The first-order valence-corrected chi connectivity index (χ1v) is 11.7. The number of rotatable bonds is 5. The summed E-state index contributed by atoms with van der Waals surface area (Å²) in [5.74, 6) is 0.516. The molecule has 1 fully saturated rings. The smallest absolute Gasteiger partial charge is 0.262 e. The number of fused-ring (bicyclic) bond motifs is 3. The standard InChI is InChI=1S/C23H24N6O2S/c1-27-21(31)18-7-3-4-8-19(18)29-22(27)25-26-23(29)32-15-20(30)24-16-9-11-17(12-10-16)28-13-5-2-6-14-28/h3-4,7-12H,2,5-6,13-15H2,1H3,(H,24,30). The Kier molecular flexibility index (Phi) is 5.57. The van der Waals surface area contributed by atoms with Crippen LogP contribution in [0.15, 0.2) is 58.5 Å². The Bertz CT molecular complexity index is 1340. The monoisotopic (exact) mass is 448 g/mol. The molecule has 0 aliphatic carbocycles. The fourth-order valence-corrected chi connectivity index (χ4v) is 4.88. The molecule has 9 heteroatoms. The normalized spacial score (nSPS) is 14.2. The van der Waals surface area contributed by atoms with Crippen LogP contribution < -0.4 is 15.8 Å². The fraction of sp³-hybridized carbons (Fsp3) is 0.304. The summed E-state index contributed by atoms with van der Waals surface area (Å²) in [5, 5.41) is 12.5. The minimum absolute atomic E-state index is 0.119. The lowest BCUT2D eigenvalue weighted by Gasteiger charge is -2.28. The number of benzene rings is 2. The van der Waals surface area contributed by atoms with E-state index in [2.05, 4.69) is 32.5 Å². The second-order valence-corrected chi connectivity index (χ2v) is 8.87. The van der Waals surface area contributed by atoms with Gasteiger partial charge in [-0.3, -0.25) is 18.6 Å². The van der Waals surface area contributed by atoms with Gasteiger partial charge in [0.1, 0.15) is 0 Å². The average molecular weight is 449 g/mol. The van der Waals surface area contributed by atoms with Crippen molar-refractivity contribution < 1.29 is 4.79 Å². The number of para-hydroxylation sites is 1. The number of amides is 1. The van der Waals surface area contributed by atoms with Gasteiger partial charge in [-0.1, -0.05) is 23.9 Å². The van der Waals surface area contributed by atoms with Crippen LogP contribution in [0.1, 0.15) is 19.3 Å². The first kappa shape index (κ1) is 20.6. The highest BCUT2D eigenvalue weighted by Crippen LogP contribution is 2.23. The summed E-state index contributed by atoms with van der Waals surface area (Å²) in [6.45, 7) is 2.18. The molecule has 32 heavy (non-hydrogen) atoms. The molecular formula is C23H24N6O2S. The van der Waals surface area contributed by atoms with Crippen molar-refractivity contribution in [2.45, 2.75) is 24.4 Å². The van der Waals surface area contributed by atoms with E-state index in [1.165, 1.54) is 41.3 Å². The second kappa shape index (κ2) is 8.66. The van der Waals surface area contributed by atoms with Gasteiger partial charge in [0.2, 0.25) is 11.7 Å². The molecule has 1 amide bonds. The van der Waals surface area contributed by atoms with Crippen LogP contribution in [0.5, 0.6) is 0 Å². The molecule has 4 aromatic rings. The van der Waals surface area contributed by atoms with Crippen molar-refractivity contribution in [2.24, 2.45) is 7.05 Å². The summed E-state index contributed by atoms with van der Waals surface area (Å²) in [5.41, 5.74) is 2.58. The number of aromatic nitrogens is 4. The van der Waals surface area contributed by atoms with Gasteiger partial charge in [-0.2, -0.15) is 0 Å². The van der Waals surface area contributed by atoms with Crippen molar-refractivity contribution in [2.75, 3.05) is 29.1 Å². The lowest BCUT2D eigenvalue weighted by molar-refractivity contribution is -0.113. The minimum Gasteiger partial charge on any atom is -0.372 e. The Morgan fingerprint density at radius 3 is 2.56 bits per heavy atom. The molecule has 0 radical (unpaired) electrons. The number of thioether (sulfide) groups is 1. The summed E-state index contributed by atoms with van der Waals surface area (Å²) in [6.07, 6.45) is 3.77. The van der Waals surface area contributed by atoms with E-state index in [-0.39, 0.29) is 17.2 Å². The Labute approximate surface area is 189 Å². The highest BCUT2D eigenvalue weighted by molar-refractivity contribution is 7.99. The SMILES string of the molecule is Cn1c(=O)c2ccccc2n2c(SCC(=O)Nc3ccc(N4CCCCC4)cc3)nnc12. The molecule has 5 rings (SSSR count). The van der Waals surface area contributed by atoms with Crippen molar-refractivity contribution in [3.63, 3.8) is 0 Å². The number of nitrogens with zero attached hydrogens (tertiary/aromatic N) is 5. The number of carbonyl (C=O) groups is 1. The van der Waals surface area contributed by atoms with Crippen molar-refractivity contribution in [3.8, 4) is 0 Å². The average Bonchev–Trinajstić information content (AvgIpc) is 3.27. The topological polar surface area (TPSA) is 84.5 Å². The van der Waals surface area contributed by atoms with E-state index in [0.29, 0.717) is 16.3 Å². The summed E-state index contributed by atoms with van der Waals surface area (Å²) in [4.78, 5) is 27.5. The van der Waals surface area contributed by atoms with Gasteiger partial charge in [0, 0.05) is 31.5 Å². The van der Waals surface area contributed by atoms with Crippen molar-refractivity contribution in [1.29, 1.82) is 0 Å². The Hall–Kier alpha value is -3.33. The van der Waals surface area contributed by atoms with Crippen LogP contribution in [-0.2, 0) is 11.8 Å². The predicted octanol–water partition coefficient (Wildman–Crippen LogP) is 3.30. The van der Waals surface area contributed by atoms with E-state index >= 15 is 0 Å². The lowest BCUT2D eigenvalue weighted by Crippen LogP contribution is -2.29. The Morgan fingerprint density at radius 2 is 1.78 bits per heavy atom. The summed E-state index contributed by atoms with van der Waals surface area (Å²) in [6, 6.07) is 15.4. The van der Waals surface area contributed by atoms with E-state index < -0.39 is 0 Å². The molecule has 0 atom stereocenters. The van der Waals surface area contributed by atoms with E-state index in [9.17, 15) is 9.59 Å². The molecule has 1 saturated heterocycles. The molecule has 0 saturated carbocycles. The van der Waals surface area contributed by atoms with Crippen LogP contribution in [0.4, 0.5) is 11.4 Å². The van der Waals surface area contributed by atoms with Gasteiger partial charge in [0.15, 0.2) is 5.16 Å². The highest BCUT2D eigenvalue weighted by atomic mass is 32.2. The molecular weight excluding hydrogens is 424 g/mol. The molecule has 1 N–H and O–H groups in total. The van der Waals surface area contributed by atoms with Gasteiger partial charge in [-0.05, 0) is 55.7 Å². The first-order chi connectivity index (χ1) is 15.6. The zero-order valence-electron chi connectivity index (χ0n) is 17.8. The molecule has 2 aromatic carbocycles. The van der Waals surface area contributed by atoms with Crippen LogP contribution in [-0.4, -0.2) is 43.9 Å². The van der Waals surface area contributed by atoms with E-state index in [1.54, 1.807) is 13.1 Å². The third-order valence-electron chi connectivity index (χ3n) is 5.80. The van der Waals surface area contributed by atoms with Gasteiger partial charge in [-0.25, -0.2) is 0 Å². The lowest BCUT2D eigenvalue weighted by atomic mass is 10.1. The third-order valence-corrected chi connectivity index (χ3v) is 6.73. The van der Waals surface area contributed by atoms with Crippen molar-refractivity contribution in [3.05, 3.63) is 58.9 Å². The molecule has 2 aromatic heterocycles. The number of aryl methyl sites for hydroxylation is 1. The Balaban J connectivity index is 1.30. The Morgan fingerprint density at radius 1 is 1.03 bits per heavy atom. The molecule has 8 nitrogen and oxygen atoms in total. The summed E-state index contributed by atoms with van der Waals surface area (Å²) >= 11 is 1.29. The maximum absolute atomic E-state index is 12.6. The predicted molar refractivity (Wildman–Crippen MR) is 128 cm³/mol. The number of piperidine rings is 1. The van der Waals surface area contributed by atoms with Crippen LogP contribution in [0.25, 0.3) is 16.7 Å². The van der Waals surface area contributed by atoms with Gasteiger partial charge in [-0.15, -0.1) is 10.2 Å². The summed E-state index contributed by atoms with van der Waals surface area (Å²) in [7, 11) is 1.67. The molecule has 1 aliphatic heterocycles. The van der Waals surface area contributed by atoms with Gasteiger partial charge < -0.3 is 10.2 Å². The number of anilines is 2. The molecule has 0 spiro atoms. The molecule has 0 unspecified atom stereocenters.